The van der Waals surface area contributed by atoms with Crippen LogP contribution in [0.3, 0.4) is 0 Å². The van der Waals surface area contributed by atoms with Crippen LogP contribution in [0.2, 0.25) is 0 Å². The molecule has 0 N–H and O–H groups in total. The summed E-state index contributed by atoms with van der Waals surface area (Å²) in [5.41, 5.74) is 0. The fraction of sp³-hybridized carbons (Fsp3) is 0.556. The highest BCUT2D eigenvalue weighted by Crippen LogP contribution is 2.35. The van der Waals surface area contributed by atoms with Crippen molar-refractivity contribution in [3.05, 3.63) is 22.4 Å². The molecule has 2 heterocycles. The van der Waals surface area contributed by atoms with Crippen LogP contribution in [0.4, 0.5) is 0 Å². The van der Waals surface area contributed by atoms with E-state index >= 15 is 0 Å². The van der Waals surface area contributed by atoms with Crippen molar-refractivity contribution < 1.29 is 4.74 Å². The van der Waals surface area contributed by atoms with Gasteiger partial charge in [0, 0.05) is 10.2 Å². The fourth-order valence-electron chi connectivity index (χ4n) is 1.50. The Bertz CT molecular complexity index is 235. The number of rotatable bonds is 2. The zero-order valence-electron chi connectivity index (χ0n) is 6.70. The number of thiophene rings is 1. The quantitative estimate of drug-likeness (QED) is 0.728. The van der Waals surface area contributed by atoms with E-state index in [1.165, 1.54) is 17.7 Å². The van der Waals surface area contributed by atoms with Gasteiger partial charge in [0.2, 0.25) is 0 Å². The monoisotopic (exact) mass is 246 g/mol. The van der Waals surface area contributed by atoms with Gasteiger partial charge in [-0.1, -0.05) is 22.0 Å². The molecule has 0 bridgehead atoms. The van der Waals surface area contributed by atoms with Crippen molar-refractivity contribution in [2.45, 2.75) is 25.0 Å². The van der Waals surface area contributed by atoms with E-state index in [4.69, 9.17) is 4.74 Å². The predicted molar refractivity (Wildman–Crippen MR) is 55.0 cm³/mol. The molecule has 0 radical (unpaired) electrons. The minimum Gasteiger partial charge on any atom is -0.369 e. The highest BCUT2D eigenvalue weighted by atomic mass is 79.9. The first-order valence-electron chi connectivity index (χ1n) is 4.15. The molecule has 0 spiro atoms. The lowest BCUT2D eigenvalue weighted by molar-refractivity contribution is 0.0610. The number of alkyl halides is 1. The lowest BCUT2D eigenvalue weighted by atomic mass is 10.2. The Balaban J connectivity index is 2.00. The first-order chi connectivity index (χ1) is 5.90. The number of hydrogen-bond donors (Lipinski definition) is 0. The van der Waals surface area contributed by atoms with E-state index < -0.39 is 0 Å². The van der Waals surface area contributed by atoms with Crippen LogP contribution in [0.15, 0.2) is 17.5 Å². The molecule has 66 valence electrons. The maximum Gasteiger partial charge on any atom is 0.0921 e. The molecule has 1 fully saturated rings. The van der Waals surface area contributed by atoms with Crippen LogP contribution in [0.1, 0.15) is 23.8 Å². The van der Waals surface area contributed by atoms with E-state index in [0.717, 1.165) is 5.33 Å². The Labute approximate surface area is 84.9 Å². The third kappa shape index (κ3) is 1.73. The molecule has 0 amide bonds. The summed E-state index contributed by atoms with van der Waals surface area (Å²) < 4.78 is 5.82. The van der Waals surface area contributed by atoms with Gasteiger partial charge in [0.05, 0.1) is 12.2 Å². The molecular weight excluding hydrogens is 236 g/mol. The van der Waals surface area contributed by atoms with E-state index in [2.05, 4.69) is 33.4 Å². The van der Waals surface area contributed by atoms with Crippen molar-refractivity contribution in [1.29, 1.82) is 0 Å². The SMILES string of the molecule is BrC[C@H]1CC[C@H](c2cccs2)O1. The first-order valence-corrected chi connectivity index (χ1v) is 6.15. The molecule has 0 aliphatic carbocycles. The summed E-state index contributed by atoms with van der Waals surface area (Å²) >= 11 is 5.24. The number of hydrogen-bond acceptors (Lipinski definition) is 2. The van der Waals surface area contributed by atoms with Crippen LogP contribution in [-0.4, -0.2) is 11.4 Å². The van der Waals surface area contributed by atoms with Gasteiger partial charge >= 0.3 is 0 Å². The normalized spacial score (nSPS) is 29.4. The molecule has 2 rings (SSSR count). The molecule has 1 aromatic heterocycles. The first kappa shape index (κ1) is 8.73. The lowest BCUT2D eigenvalue weighted by Crippen LogP contribution is -2.06. The molecule has 1 aliphatic heterocycles. The summed E-state index contributed by atoms with van der Waals surface area (Å²) in [7, 11) is 0. The Hall–Kier alpha value is 0.140. The van der Waals surface area contributed by atoms with Gasteiger partial charge in [0.25, 0.3) is 0 Å². The molecule has 1 aromatic rings. The molecule has 1 aliphatic rings. The van der Waals surface area contributed by atoms with Gasteiger partial charge in [-0.15, -0.1) is 11.3 Å². The van der Waals surface area contributed by atoms with Crippen molar-refractivity contribution >= 4 is 27.3 Å². The molecule has 3 heteroatoms. The number of halogens is 1. The molecule has 2 atom stereocenters. The summed E-state index contributed by atoms with van der Waals surface area (Å²) in [6.07, 6.45) is 3.16. The summed E-state index contributed by atoms with van der Waals surface area (Å²) in [4.78, 5) is 1.37. The Morgan fingerprint density at radius 2 is 2.50 bits per heavy atom. The summed E-state index contributed by atoms with van der Waals surface area (Å²) in [6, 6.07) is 4.25. The topological polar surface area (TPSA) is 9.23 Å². The average molecular weight is 247 g/mol. The number of ether oxygens (including phenoxy) is 1. The molecule has 0 unspecified atom stereocenters. The minimum atomic E-state index is 0.368. The molecule has 1 nitrogen and oxygen atoms in total. The van der Waals surface area contributed by atoms with Gasteiger partial charge in [0.15, 0.2) is 0 Å². The third-order valence-corrected chi connectivity index (χ3v) is 3.83. The van der Waals surface area contributed by atoms with Gasteiger partial charge in [-0.3, -0.25) is 0 Å². The Kier molecular flexibility index (Phi) is 2.84. The van der Waals surface area contributed by atoms with Crippen molar-refractivity contribution in [3.63, 3.8) is 0 Å². The van der Waals surface area contributed by atoms with Crippen molar-refractivity contribution in [2.75, 3.05) is 5.33 Å². The van der Waals surface area contributed by atoms with Crippen LogP contribution in [0, 0.1) is 0 Å². The van der Waals surface area contributed by atoms with Crippen LogP contribution in [0.25, 0.3) is 0 Å². The Morgan fingerprint density at radius 3 is 3.08 bits per heavy atom. The van der Waals surface area contributed by atoms with Crippen LogP contribution in [-0.2, 0) is 4.74 Å². The van der Waals surface area contributed by atoms with E-state index in [-0.39, 0.29) is 0 Å². The van der Waals surface area contributed by atoms with Gasteiger partial charge in [-0.05, 0) is 24.3 Å². The van der Waals surface area contributed by atoms with E-state index in [0.29, 0.717) is 12.2 Å². The van der Waals surface area contributed by atoms with Gasteiger partial charge < -0.3 is 4.74 Å². The van der Waals surface area contributed by atoms with Crippen molar-refractivity contribution in [1.82, 2.24) is 0 Å². The molecule has 0 saturated carbocycles. The van der Waals surface area contributed by atoms with Crippen LogP contribution >= 0.6 is 27.3 Å². The summed E-state index contributed by atoms with van der Waals surface area (Å²) in [5.74, 6) is 0. The van der Waals surface area contributed by atoms with E-state index in [1.807, 2.05) is 0 Å². The van der Waals surface area contributed by atoms with Gasteiger partial charge in [-0.25, -0.2) is 0 Å². The van der Waals surface area contributed by atoms with Gasteiger partial charge in [0.1, 0.15) is 0 Å². The highest BCUT2D eigenvalue weighted by molar-refractivity contribution is 9.09. The fourth-order valence-corrected chi connectivity index (χ4v) is 2.78. The largest absolute Gasteiger partial charge is 0.369 e. The van der Waals surface area contributed by atoms with Crippen LogP contribution in [0.5, 0.6) is 0 Å². The molecule has 1 saturated heterocycles. The molecule has 0 aromatic carbocycles. The average Bonchev–Trinajstić information content (AvgIpc) is 2.75. The zero-order chi connectivity index (χ0) is 8.39. The summed E-state index contributed by atoms with van der Waals surface area (Å²) in [5, 5.41) is 3.08. The standard InChI is InChI=1S/C9H11BrOS/c10-6-7-3-4-8(11-7)9-2-1-5-12-9/h1-2,5,7-8H,3-4,6H2/t7-,8-/m1/s1. The molecular formula is C9H11BrOS. The lowest BCUT2D eigenvalue weighted by Gasteiger charge is -2.09. The zero-order valence-corrected chi connectivity index (χ0v) is 9.11. The smallest absolute Gasteiger partial charge is 0.0921 e. The van der Waals surface area contributed by atoms with E-state index in [1.54, 1.807) is 11.3 Å². The third-order valence-electron chi connectivity index (χ3n) is 2.14. The molecule has 12 heavy (non-hydrogen) atoms. The summed E-state index contributed by atoms with van der Waals surface area (Å²) in [6.45, 7) is 0. The van der Waals surface area contributed by atoms with Gasteiger partial charge in [-0.2, -0.15) is 0 Å². The maximum atomic E-state index is 5.82. The highest BCUT2D eigenvalue weighted by Gasteiger charge is 2.25. The second-order valence-electron chi connectivity index (χ2n) is 2.99. The Morgan fingerprint density at radius 1 is 1.58 bits per heavy atom. The van der Waals surface area contributed by atoms with Crippen LogP contribution < -0.4 is 0 Å². The van der Waals surface area contributed by atoms with E-state index in [9.17, 15) is 0 Å². The second-order valence-corrected chi connectivity index (χ2v) is 4.62. The minimum absolute atomic E-state index is 0.368. The van der Waals surface area contributed by atoms with Crippen molar-refractivity contribution in [2.24, 2.45) is 0 Å². The van der Waals surface area contributed by atoms with Crippen molar-refractivity contribution in [3.8, 4) is 0 Å². The predicted octanol–water partition coefficient (Wildman–Crippen LogP) is 3.36. The maximum absolute atomic E-state index is 5.82. The second kappa shape index (κ2) is 3.90.